The summed E-state index contributed by atoms with van der Waals surface area (Å²) in [4.78, 5) is 12.1. The van der Waals surface area contributed by atoms with E-state index < -0.39 is 0 Å². The fourth-order valence-electron chi connectivity index (χ4n) is 2.68. The van der Waals surface area contributed by atoms with Crippen LogP contribution in [-0.2, 0) is 0 Å². The standard InChI is InChI=1S/C16H19N3O3/c1-21-13-9-5-6-11(10-13)15-18-19-16(22-15)14(20)17-12-7-3-2-4-8-12/h5-6,9-10,12H,2-4,7-8H2,1H3,(H,17,20). The van der Waals surface area contributed by atoms with Crippen molar-refractivity contribution >= 4 is 5.91 Å². The fourth-order valence-corrected chi connectivity index (χ4v) is 2.68. The quantitative estimate of drug-likeness (QED) is 0.939. The van der Waals surface area contributed by atoms with Crippen LogP contribution in [0.4, 0.5) is 0 Å². The van der Waals surface area contributed by atoms with Gasteiger partial charge in [-0.15, -0.1) is 10.2 Å². The van der Waals surface area contributed by atoms with Gasteiger partial charge in [0.25, 0.3) is 0 Å². The largest absolute Gasteiger partial charge is 0.497 e. The number of nitrogens with zero attached hydrogens (tertiary/aromatic N) is 2. The molecule has 1 heterocycles. The smallest absolute Gasteiger partial charge is 0.309 e. The van der Waals surface area contributed by atoms with Gasteiger partial charge in [0.15, 0.2) is 0 Å². The summed E-state index contributed by atoms with van der Waals surface area (Å²) in [6.07, 6.45) is 5.59. The van der Waals surface area contributed by atoms with Crippen molar-refractivity contribution in [1.82, 2.24) is 15.5 Å². The van der Waals surface area contributed by atoms with Crippen LogP contribution in [-0.4, -0.2) is 29.3 Å². The molecule has 6 nitrogen and oxygen atoms in total. The van der Waals surface area contributed by atoms with Gasteiger partial charge in [-0.05, 0) is 31.0 Å². The molecule has 1 N–H and O–H groups in total. The number of carbonyl (C=O) groups excluding carboxylic acids is 1. The first-order valence-corrected chi connectivity index (χ1v) is 7.55. The first-order chi connectivity index (χ1) is 10.8. The SMILES string of the molecule is COc1cccc(-c2nnc(C(=O)NC3CCCCC3)o2)c1. The van der Waals surface area contributed by atoms with E-state index in [0.717, 1.165) is 31.2 Å². The molecule has 22 heavy (non-hydrogen) atoms. The van der Waals surface area contributed by atoms with Crippen LogP contribution in [0.3, 0.4) is 0 Å². The van der Waals surface area contributed by atoms with E-state index in [2.05, 4.69) is 15.5 Å². The van der Waals surface area contributed by atoms with Gasteiger partial charge in [-0.1, -0.05) is 25.3 Å². The Balaban J connectivity index is 1.70. The van der Waals surface area contributed by atoms with E-state index >= 15 is 0 Å². The highest BCUT2D eigenvalue weighted by Gasteiger charge is 2.21. The molecule has 1 aromatic heterocycles. The molecule has 0 spiro atoms. The van der Waals surface area contributed by atoms with Crippen LogP contribution in [0, 0.1) is 0 Å². The number of benzene rings is 1. The topological polar surface area (TPSA) is 77.2 Å². The number of hydrogen-bond acceptors (Lipinski definition) is 5. The van der Waals surface area contributed by atoms with E-state index in [1.54, 1.807) is 13.2 Å². The zero-order chi connectivity index (χ0) is 15.4. The Morgan fingerprint density at radius 3 is 2.86 bits per heavy atom. The number of amides is 1. The number of aromatic nitrogens is 2. The first-order valence-electron chi connectivity index (χ1n) is 7.55. The second-order valence-electron chi connectivity index (χ2n) is 5.45. The Hall–Kier alpha value is -2.37. The van der Waals surface area contributed by atoms with Crippen molar-refractivity contribution in [3.05, 3.63) is 30.2 Å². The summed E-state index contributed by atoms with van der Waals surface area (Å²) >= 11 is 0. The average molecular weight is 301 g/mol. The van der Waals surface area contributed by atoms with Crippen LogP contribution in [0.1, 0.15) is 42.8 Å². The zero-order valence-corrected chi connectivity index (χ0v) is 12.5. The number of rotatable bonds is 4. The molecule has 1 amide bonds. The predicted octanol–water partition coefficient (Wildman–Crippen LogP) is 2.81. The molecule has 3 rings (SSSR count). The molecule has 1 saturated carbocycles. The van der Waals surface area contributed by atoms with Crippen LogP contribution in [0.25, 0.3) is 11.5 Å². The van der Waals surface area contributed by atoms with E-state index in [4.69, 9.17) is 9.15 Å². The molecule has 6 heteroatoms. The third-order valence-corrected chi connectivity index (χ3v) is 3.88. The molecule has 1 fully saturated rings. The van der Waals surface area contributed by atoms with Gasteiger partial charge in [-0.3, -0.25) is 4.79 Å². The Morgan fingerprint density at radius 2 is 2.09 bits per heavy atom. The number of carbonyl (C=O) groups is 1. The Morgan fingerprint density at radius 1 is 1.27 bits per heavy atom. The number of hydrogen-bond donors (Lipinski definition) is 1. The molecule has 0 aliphatic heterocycles. The van der Waals surface area contributed by atoms with Crippen molar-refractivity contribution in [2.24, 2.45) is 0 Å². The molecule has 1 aliphatic carbocycles. The molecule has 1 aromatic carbocycles. The van der Waals surface area contributed by atoms with E-state index in [0.29, 0.717) is 11.6 Å². The average Bonchev–Trinajstić information content (AvgIpc) is 3.06. The normalized spacial score (nSPS) is 15.5. The summed E-state index contributed by atoms with van der Waals surface area (Å²) in [5.41, 5.74) is 0.726. The molecule has 2 aromatic rings. The number of nitrogens with one attached hydrogen (secondary N) is 1. The number of ether oxygens (including phenoxy) is 1. The van der Waals surface area contributed by atoms with Crippen molar-refractivity contribution < 1.29 is 13.9 Å². The monoisotopic (exact) mass is 301 g/mol. The summed E-state index contributed by atoms with van der Waals surface area (Å²) in [6, 6.07) is 7.50. The summed E-state index contributed by atoms with van der Waals surface area (Å²) < 4.78 is 10.6. The third kappa shape index (κ3) is 3.27. The van der Waals surface area contributed by atoms with E-state index in [9.17, 15) is 4.79 Å². The van der Waals surface area contributed by atoms with Gasteiger partial charge in [-0.25, -0.2) is 0 Å². The molecule has 0 atom stereocenters. The van der Waals surface area contributed by atoms with Crippen LogP contribution < -0.4 is 10.1 Å². The Bertz CT molecular complexity index is 648. The summed E-state index contributed by atoms with van der Waals surface area (Å²) in [6.45, 7) is 0. The highest BCUT2D eigenvalue weighted by molar-refractivity contribution is 5.89. The lowest BCUT2D eigenvalue weighted by Gasteiger charge is -2.21. The maximum Gasteiger partial charge on any atom is 0.309 e. The lowest BCUT2D eigenvalue weighted by atomic mass is 9.95. The predicted molar refractivity (Wildman–Crippen MR) is 80.6 cm³/mol. The van der Waals surface area contributed by atoms with Gasteiger partial charge >= 0.3 is 11.8 Å². The number of methoxy groups -OCH3 is 1. The minimum atomic E-state index is -0.298. The van der Waals surface area contributed by atoms with Crippen molar-refractivity contribution in [2.45, 2.75) is 38.1 Å². The van der Waals surface area contributed by atoms with Gasteiger partial charge in [-0.2, -0.15) is 0 Å². The van der Waals surface area contributed by atoms with Crippen molar-refractivity contribution in [1.29, 1.82) is 0 Å². The second-order valence-corrected chi connectivity index (χ2v) is 5.45. The molecular weight excluding hydrogens is 282 g/mol. The van der Waals surface area contributed by atoms with Gasteiger partial charge in [0.1, 0.15) is 5.75 Å². The second kappa shape index (κ2) is 6.60. The van der Waals surface area contributed by atoms with Crippen molar-refractivity contribution in [3.8, 4) is 17.2 Å². The Labute approximate surface area is 128 Å². The van der Waals surface area contributed by atoms with E-state index in [-0.39, 0.29) is 17.8 Å². The highest BCUT2D eigenvalue weighted by Crippen LogP contribution is 2.23. The van der Waals surface area contributed by atoms with Gasteiger partial charge in [0, 0.05) is 11.6 Å². The van der Waals surface area contributed by atoms with E-state index in [1.807, 2.05) is 18.2 Å². The van der Waals surface area contributed by atoms with E-state index in [1.165, 1.54) is 6.42 Å². The third-order valence-electron chi connectivity index (χ3n) is 3.88. The van der Waals surface area contributed by atoms with Crippen LogP contribution in [0.2, 0.25) is 0 Å². The lowest BCUT2D eigenvalue weighted by Crippen LogP contribution is -2.36. The highest BCUT2D eigenvalue weighted by atomic mass is 16.5. The molecule has 0 unspecified atom stereocenters. The molecule has 0 radical (unpaired) electrons. The van der Waals surface area contributed by atoms with Crippen molar-refractivity contribution in [3.63, 3.8) is 0 Å². The van der Waals surface area contributed by atoms with Gasteiger partial charge in [0.2, 0.25) is 5.89 Å². The minimum Gasteiger partial charge on any atom is -0.497 e. The van der Waals surface area contributed by atoms with Gasteiger partial charge < -0.3 is 14.5 Å². The summed E-state index contributed by atoms with van der Waals surface area (Å²) in [7, 11) is 1.59. The van der Waals surface area contributed by atoms with Crippen LogP contribution in [0.15, 0.2) is 28.7 Å². The zero-order valence-electron chi connectivity index (χ0n) is 12.5. The maximum absolute atomic E-state index is 12.1. The van der Waals surface area contributed by atoms with Crippen molar-refractivity contribution in [2.75, 3.05) is 7.11 Å². The fraction of sp³-hybridized carbons (Fsp3) is 0.438. The molecule has 1 aliphatic rings. The lowest BCUT2D eigenvalue weighted by molar-refractivity contribution is 0.0893. The van der Waals surface area contributed by atoms with Crippen LogP contribution in [0.5, 0.6) is 5.75 Å². The molecule has 0 saturated heterocycles. The van der Waals surface area contributed by atoms with Gasteiger partial charge in [0.05, 0.1) is 7.11 Å². The van der Waals surface area contributed by atoms with Crippen LogP contribution >= 0.6 is 0 Å². The minimum absolute atomic E-state index is 0.00314. The summed E-state index contributed by atoms with van der Waals surface area (Å²) in [5, 5.41) is 10.7. The maximum atomic E-state index is 12.1. The molecule has 0 bridgehead atoms. The molecule has 116 valence electrons. The first kappa shape index (κ1) is 14.6. The Kier molecular flexibility index (Phi) is 4.37. The molecular formula is C16H19N3O3. The summed E-state index contributed by atoms with van der Waals surface area (Å²) in [5.74, 6) is 0.716.